The molecule has 0 saturated heterocycles. The van der Waals surface area contributed by atoms with Gasteiger partial charge in [0.05, 0.1) is 18.3 Å². The molecule has 0 bridgehead atoms. The van der Waals surface area contributed by atoms with Crippen LogP contribution in [0.2, 0.25) is 0 Å². The summed E-state index contributed by atoms with van der Waals surface area (Å²) in [6, 6.07) is 9.81. The van der Waals surface area contributed by atoms with E-state index >= 15 is 0 Å². The Balaban J connectivity index is 1.98. The normalized spacial score (nSPS) is 10.7. The fourth-order valence-electron chi connectivity index (χ4n) is 1.87. The van der Waals surface area contributed by atoms with Gasteiger partial charge in [0.25, 0.3) is 0 Å². The van der Waals surface area contributed by atoms with Gasteiger partial charge in [-0.3, -0.25) is 4.98 Å². The van der Waals surface area contributed by atoms with Crippen molar-refractivity contribution in [3.8, 4) is 17.1 Å². The summed E-state index contributed by atoms with van der Waals surface area (Å²) >= 11 is 0. The minimum absolute atomic E-state index is 0.676. The molecule has 0 aliphatic carbocycles. The maximum absolute atomic E-state index is 5.42. The summed E-state index contributed by atoms with van der Waals surface area (Å²) in [6.45, 7) is 2.65. The van der Waals surface area contributed by atoms with Crippen molar-refractivity contribution in [2.24, 2.45) is 0 Å². The van der Waals surface area contributed by atoms with Crippen molar-refractivity contribution in [1.82, 2.24) is 15.0 Å². The first-order valence-electron chi connectivity index (χ1n) is 5.90. The van der Waals surface area contributed by atoms with Crippen molar-refractivity contribution >= 4 is 11.0 Å². The first-order valence-corrected chi connectivity index (χ1v) is 5.90. The van der Waals surface area contributed by atoms with Crippen LogP contribution in [-0.2, 0) is 0 Å². The maximum atomic E-state index is 5.42. The van der Waals surface area contributed by atoms with E-state index in [0.717, 1.165) is 28.2 Å². The summed E-state index contributed by atoms with van der Waals surface area (Å²) in [7, 11) is 0. The van der Waals surface area contributed by atoms with Crippen molar-refractivity contribution in [2.45, 2.75) is 6.92 Å². The van der Waals surface area contributed by atoms with E-state index in [9.17, 15) is 0 Å². The highest BCUT2D eigenvalue weighted by Gasteiger charge is 2.04. The van der Waals surface area contributed by atoms with Crippen LogP contribution < -0.4 is 4.74 Å². The van der Waals surface area contributed by atoms with Crippen LogP contribution in [0.3, 0.4) is 0 Å². The predicted molar refractivity (Wildman–Crippen MR) is 70.5 cm³/mol. The fraction of sp³-hybridized carbons (Fsp3) is 0.143. The standard InChI is InChI=1S/C14H13N3O/c1-2-18-11-5-3-10(4-6-11)14-16-12-7-8-15-9-13(12)17-14/h3-9H,2H2,1H3,(H,16,17). The molecule has 0 radical (unpaired) electrons. The number of nitrogens with zero attached hydrogens (tertiary/aromatic N) is 2. The average Bonchev–Trinajstić information content (AvgIpc) is 2.84. The topological polar surface area (TPSA) is 50.8 Å². The Labute approximate surface area is 105 Å². The van der Waals surface area contributed by atoms with Gasteiger partial charge >= 0.3 is 0 Å². The second-order valence-corrected chi connectivity index (χ2v) is 3.94. The second kappa shape index (κ2) is 4.49. The van der Waals surface area contributed by atoms with E-state index in [0.29, 0.717) is 6.61 Å². The zero-order valence-electron chi connectivity index (χ0n) is 10.1. The molecule has 1 aromatic carbocycles. The molecule has 0 spiro atoms. The average molecular weight is 239 g/mol. The van der Waals surface area contributed by atoms with Gasteiger partial charge in [-0.25, -0.2) is 4.98 Å². The van der Waals surface area contributed by atoms with Gasteiger partial charge in [-0.05, 0) is 37.3 Å². The molecule has 3 aromatic rings. The number of imidazole rings is 1. The smallest absolute Gasteiger partial charge is 0.138 e. The van der Waals surface area contributed by atoms with E-state index in [1.54, 1.807) is 12.4 Å². The van der Waals surface area contributed by atoms with Gasteiger partial charge in [-0.15, -0.1) is 0 Å². The molecule has 4 nitrogen and oxygen atoms in total. The third kappa shape index (κ3) is 1.93. The van der Waals surface area contributed by atoms with Crippen molar-refractivity contribution in [3.63, 3.8) is 0 Å². The largest absolute Gasteiger partial charge is 0.494 e. The minimum Gasteiger partial charge on any atom is -0.494 e. The second-order valence-electron chi connectivity index (χ2n) is 3.94. The van der Waals surface area contributed by atoms with Crippen LogP contribution in [-0.4, -0.2) is 21.6 Å². The van der Waals surface area contributed by atoms with Crippen molar-refractivity contribution in [3.05, 3.63) is 42.7 Å². The summed E-state index contributed by atoms with van der Waals surface area (Å²) in [5, 5.41) is 0. The van der Waals surface area contributed by atoms with Crippen molar-refractivity contribution < 1.29 is 4.74 Å². The van der Waals surface area contributed by atoms with E-state index in [2.05, 4.69) is 15.0 Å². The van der Waals surface area contributed by atoms with Crippen LogP contribution >= 0.6 is 0 Å². The molecular weight excluding hydrogens is 226 g/mol. The minimum atomic E-state index is 0.676. The van der Waals surface area contributed by atoms with Crippen molar-refractivity contribution in [1.29, 1.82) is 0 Å². The molecule has 0 fully saturated rings. The molecule has 0 aliphatic heterocycles. The van der Waals surface area contributed by atoms with Gasteiger partial charge in [0.1, 0.15) is 17.1 Å². The fourth-order valence-corrected chi connectivity index (χ4v) is 1.87. The number of hydrogen-bond acceptors (Lipinski definition) is 3. The number of rotatable bonds is 3. The van der Waals surface area contributed by atoms with Crippen molar-refractivity contribution in [2.75, 3.05) is 6.61 Å². The maximum Gasteiger partial charge on any atom is 0.138 e. The lowest BCUT2D eigenvalue weighted by atomic mass is 10.2. The summed E-state index contributed by atoms with van der Waals surface area (Å²) in [4.78, 5) is 11.8. The van der Waals surface area contributed by atoms with E-state index in [-0.39, 0.29) is 0 Å². The quantitative estimate of drug-likeness (QED) is 0.764. The molecule has 2 heterocycles. The molecular formula is C14H13N3O. The Kier molecular flexibility index (Phi) is 2.68. The Morgan fingerprint density at radius 1 is 1.17 bits per heavy atom. The van der Waals surface area contributed by atoms with Crippen LogP contribution in [0.25, 0.3) is 22.4 Å². The lowest BCUT2D eigenvalue weighted by molar-refractivity contribution is 0.340. The number of pyridine rings is 1. The summed E-state index contributed by atoms with van der Waals surface area (Å²) < 4.78 is 5.42. The van der Waals surface area contributed by atoms with Gasteiger partial charge in [-0.1, -0.05) is 0 Å². The first-order chi connectivity index (χ1) is 8.86. The molecule has 0 aliphatic rings. The first kappa shape index (κ1) is 10.8. The third-order valence-corrected chi connectivity index (χ3v) is 2.72. The Morgan fingerprint density at radius 2 is 2.00 bits per heavy atom. The molecule has 2 aromatic heterocycles. The van der Waals surface area contributed by atoms with E-state index < -0.39 is 0 Å². The molecule has 1 N–H and O–H groups in total. The number of hydrogen-bond donors (Lipinski definition) is 1. The van der Waals surface area contributed by atoms with Gasteiger partial charge < -0.3 is 9.72 Å². The molecule has 90 valence electrons. The van der Waals surface area contributed by atoms with Gasteiger partial charge in [-0.2, -0.15) is 0 Å². The third-order valence-electron chi connectivity index (χ3n) is 2.72. The number of ether oxygens (including phenoxy) is 1. The number of aromatic amines is 1. The van der Waals surface area contributed by atoms with Crippen LogP contribution in [0, 0.1) is 0 Å². The Bertz CT molecular complexity index is 625. The van der Waals surface area contributed by atoms with Crippen LogP contribution in [0.15, 0.2) is 42.7 Å². The van der Waals surface area contributed by atoms with Gasteiger partial charge in [0.15, 0.2) is 0 Å². The summed E-state index contributed by atoms with van der Waals surface area (Å²) in [5.41, 5.74) is 2.91. The molecule has 3 rings (SSSR count). The van der Waals surface area contributed by atoms with E-state index in [4.69, 9.17) is 4.74 Å². The zero-order valence-corrected chi connectivity index (χ0v) is 10.1. The number of nitrogens with one attached hydrogen (secondary N) is 1. The lowest BCUT2D eigenvalue weighted by Crippen LogP contribution is -1.90. The zero-order chi connectivity index (χ0) is 12.4. The molecule has 0 unspecified atom stereocenters. The van der Waals surface area contributed by atoms with Crippen LogP contribution in [0.4, 0.5) is 0 Å². The highest BCUT2D eigenvalue weighted by molar-refractivity contribution is 5.78. The van der Waals surface area contributed by atoms with Crippen LogP contribution in [0.1, 0.15) is 6.92 Å². The molecule has 0 saturated carbocycles. The highest BCUT2D eigenvalue weighted by Crippen LogP contribution is 2.22. The van der Waals surface area contributed by atoms with Gasteiger partial charge in [0.2, 0.25) is 0 Å². The van der Waals surface area contributed by atoms with Crippen LogP contribution in [0.5, 0.6) is 5.75 Å². The lowest BCUT2D eigenvalue weighted by Gasteiger charge is -2.02. The number of benzene rings is 1. The Hall–Kier alpha value is -2.36. The van der Waals surface area contributed by atoms with E-state index in [1.807, 2.05) is 37.3 Å². The van der Waals surface area contributed by atoms with Gasteiger partial charge in [0, 0.05) is 11.8 Å². The number of aromatic nitrogens is 3. The summed E-state index contributed by atoms with van der Waals surface area (Å²) in [5.74, 6) is 1.72. The van der Waals surface area contributed by atoms with E-state index in [1.165, 1.54) is 0 Å². The number of fused-ring (bicyclic) bond motifs is 1. The highest BCUT2D eigenvalue weighted by atomic mass is 16.5. The summed E-state index contributed by atoms with van der Waals surface area (Å²) in [6.07, 6.45) is 3.51. The molecule has 0 amide bonds. The number of H-pyrrole nitrogens is 1. The molecule has 4 heteroatoms. The predicted octanol–water partition coefficient (Wildman–Crippen LogP) is 3.02. The SMILES string of the molecule is CCOc1ccc(-c2nc3cnccc3[nH]2)cc1. The molecule has 18 heavy (non-hydrogen) atoms. The Morgan fingerprint density at radius 3 is 2.72 bits per heavy atom. The monoisotopic (exact) mass is 239 g/mol. The molecule has 0 atom stereocenters.